The standard InChI is InChI=1S/C10H11NO3S/c1-7(15(13)14)10(12)9-4-2-8(6-11)3-5-9/h2-5,7,10,12H,1H3,(H,13,14)/t7-,10-/m0/s1. The SMILES string of the molecule is C[C@@H]([C@H](O)c1ccc(C#N)cc1)S(=O)O. The highest BCUT2D eigenvalue weighted by Gasteiger charge is 2.20. The molecule has 1 aromatic carbocycles. The van der Waals surface area contributed by atoms with Gasteiger partial charge in [0.1, 0.15) is 0 Å². The van der Waals surface area contributed by atoms with Gasteiger partial charge in [-0.15, -0.1) is 0 Å². The third kappa shape index (κ3) is 2.86. The number of nitriles is 1. The molecule has 0 saturated heterocycles. The molecule has 0 fully saturated rings. The normalized spacial score (nSPS) is 16.4. The van der Waals surface area contributed by atoms with Crippen molar-refractivity contribution in [2.24, 2.45) is 0 Å². The molecule has 4 nitrogen and oxygen atoms in total. The van der Waals surface area contributed by atoms with Crippen molar-refractivity contribution in [1.29, 1.82) is 5.26 Å². The highest BCUT2D eigenvalue weighted by Crippen LogP contribution is 2.19. The molecule has 0 aliphatic heterocycles. The lowest BCUT2D eigenvalue weighted by molar-refractivity contribution is 0.175. The summed E-state index contributed by atoms with van der Waals surface area (Å²) in [6.45, 7) is 1.49. The minimum Gasteiger partial charge on any atom is -0.387 e. The average Bonchev–Trinajstić information content (AvgIpc) is 2.27. The van der Waals surface area contributed by atoms with Gasteiger partial charge >= 0.3 is 0 Å². The van der Waals surface area contributed by atoms with Crippen LogP contribution in [0.4, 0.5) is 0 Å². The van der Waals surface area contributed by atoms with Crippen LogP contribution in [0.3, 0.4) is 0 Å². The van der Waals surface area contributed by atoms with Gasteiger partial charge in [-0.1, -0.05) is 12.1 Å². The number of nitrogens with zero attached hydrogens (tertiary/aromatic N) is 1. The van der Waals surface area contributed by atoms with E-state index in [4.69, 9.17) is 9.81 Å². The van der Waals surface area contributed by atoms with Crippen LogP contribution in [0.15, 0.2) is 24.3 Å². The zero-order valence-corrected chi connectivity index (χ0v) is 8.94. The Morgan fingerprint density at radius 3 is 2.33 bits per heavy atom. The van der Waals surface area contributed by atoms with Crippen molar-refractivity contribution in [2.45, 2.75) is 18.3 Å². The molecule has 5 heteroatoms. The summed E-state index contributed by atoms with van der Waals surface area (Å²) in [6, 6.07) is 8.23. The van der Waals surface area contributed by atoms with E-state index in [1.54, 1.807) is 24.3 Å². The monoisotopic (exact) mass is 225 g/mol. The van der Waals surface area contributed by atoms with E-state index in [0.29, 0.717) is 11.1 Å². The Morgan fingerprint density at radius 1 is 1.40 bits per heavy atom. The first kappa shape index (κ1) is 11.9. The van der Waals surface area contributed by atoms with Gasteiger partial charge in [0, 0.05) is 0 Å². The summed E-state index contributed by atoms with van der Waals surface area (Å²) in [5.41, 5.74) is 1.02. The van der Waals surface area contributed by atoms with Crippen LogP contribution in [-0.2, 0) is 11.1 Å². The lowest BCUT2D eigenvalue weighted by Crippen LogP contribution is -2.19. The zero-order valence-electron chi connectivity index (χ0n) is 8.12. The number of hydrogen-bond donors (Lipinski definition) is 2. The number of aliphatic hydroxyl groups is 1. The highest BCUT2D eigenvalue weighted by molar-refractivity contribution is 7.79. The van der Waals surface area contributed by atoms with E-state index in [9.17, 15) is 9.32 Å². The van der Waals surface area contributed by atoms with Crippen LogP contribution in [0.2, 0.25) is 0 Å². The maximum Gasteiger partial charge on any atom is 0.158 e. The molecular formula is C10H11NO3S. The molecule has 0 aliphatic carbocycles. The summed E-state index contributed by atoms with van der Waals surface area (Å²) in [7, 11) is 0. The van der Waals surface area contributed by atoms with Crippen LogP contribution in [-0.4, -0.2) is 19.1 Å². The summed E-state index contributed by atoms with van der Waals surface area (Å²) in [5, 5.41) is 17.5. The number of rotatable bonds is 3. The number of benzene rings is 1. The molecule has 0 aromatic heterocycles. The lowest BCUT2D eigenvalue weighted by atomic mass is 10.1. The van der Waals surface area contributed by atoms with Crippen LogP contribution in [0.25, 0.3) is 0 Å². The van der Waals surface area contributed by atoms with Crippen LogP contribution in [0.5, 0.6) is 0 Å². The third-order valence-electron chi connectivity index (χ3n) is 2.14. The predicted molar refractivity (Wildman–Crippen MR) is 56.4 cm³/mol. The second-order valence-corrected chi connectivity index (χ2v) is 4.46. The van der Waals surface area contributed by atoms with Gasteiger partial charge in [0.15, 0.2) is 11.1 Å². The first-order chi connectivity index (χ1) is 7.06. The van der Waals surface area contributed by atoms with Gasteiger partial charge in [0.25, 0.3) is 0 Å². The van der Waals surface area contributed by atoms with Crippen molar-refractivity contribution in [3.05, 3.63) is 35.4 Å². The average molecular weight is 225 g/mol. The molecular weight excluding hydrogens is 214 g/mol. The Morgan fingerprint density at radius 2 is 1.93 bits per heavy atom. The summed E-state index contributed by atoms with van der Waals surface area (Å²) in [4.78, 5) is 0. The van der Waals surface area contributed by atoms with Crippen LogP contribution >= 0.6 is 0 Å². The van der Waals surface area contributed by atoms with Gasteiger partial charge in [0.2, 0.25) is 0 Å². The molecule has 0 aliphatic rings. The quantitative estimate of drug-likeness (QED) is 0.757. The molecule has 0 bridgehead atoms. The molecule has 1 aromatic rings. The first-order valence-electron chi connectivity index (χ1n) is 4.34. The van der Waals surface area contributed by atoms with Crippen molar-refractivity contribution in [1.82, 2.24) is 0 Å². The van der Waals surface area contributed by atoms with Crippen LogP contribution in [0, 0.1) is 11.3 Å². The minimum atomic E-state index is -2.06. The molecule has 80 valence electrons. The minimum absolute atomic E-state index is 0.490. The van der Waals surface area contributed by atoms with Crippen molar-refractivity contribution >= 4 is 11.1 Å². The Bertz CT molecular complexity index is 396. The molecule has 1 rings (SSSR count). The Hall–Kier alpha value is -1.22. The maximum absolute atomic E-state index is 10.7. The number of hydrogen-bond acceptors (Lipinski definition) is 3. The second-order valence-electron chi connectivity index (χ2n) is 3.16. The third-order valence-corrected chi connectivity index (χ3v) is 3.04. The molecule has 1 unspecified atom stereocenters. The van der Waals surface area contributed by atoms with E-state index in [2.05, 4.69) is 0 Å². The van der Waals surface area contributed by atoms with Gasteiger partial charge < -0.3 is 9.66 Å². The summed E-state index contributed by atoms with van der Waals surface area (Å²) in [5.74, 6) is 0. The van der Waals surface area contributed by atoms with Gasteiger partial charge in [0.05, 0.1) is 23.0 Å². The topological polar surface area (TPSA) is 81.3 Å². The van der Waals surface area contributed by atoms with Crippen molar-refractivity contribution in [2.75, 3.05) is 0 Å². The van der Waals surface area contributed by atoms with Crippen molar-refractivity contribution in [3.8, 4) is 6.07 Å². The van der Waals surface area contributed by atoms with E-state index in [1.807, 2.05) is 6.07 Å². The fourth-order valence-corrected chi connectivity index (χ4v) is 1.51. The molecule has 0 saturated carbocycles. The number of aliphatic hydroxyl groups excluding tert-OH is 1. The van der Waals surface area contributed by atoms with E-state index in [-0.39, 0.29) is 0 Å². The van der Waals surface area contributed by atoms with E-state index < -0.39 is 22.4 Å². The van der Waals surface area contributed by atoms with Crippen LogP contribution in [0.1, 0.15) is 24.2 Å². The van der Waals surface area contributed by atoms with Gasteiger partial charge in [-0.25, -0.2) is 4.21 Å². The largest absolute Gasteiger partial charge is 0.387 e. The smallest absolute Gasteiger partial charge is 0.158 e. The Labute approximate surface area is 90.5 Å². The summed E-state index contributed by atoms with van der Waals surface area (Å²) >= 11 is -2.06. The maximum atomic E-state index is 10.7. The fraction of sp³-hybridized carbons (Fsp3) is 0.300. The molecule has 3 atom stereocenters. The molecule has 0 spiro atoms. The van der Waals surface area contributed by atoms with Crippen molar-refractivity contribution in [3.63, 3.8) is 0 Å². The van der Waals surface area contributed by atoms with Gasteiger partial charge in [-0.3, -0.25) is 0 Å². The summed E-state index contributed by atoms with van der Waals surface area (Å²) in [6.07, 6.45) is -0.997. The molecule has 0 amide bonds. The first-order valence-corrected chi connectivity index (χ1v) is 5.51. The zero-order chi connectivity index (χ0) is 11.4. The van der Waals surface area contributed by atoms with E-state index in [1.165, 1.54) is 6.92 Å². The molecule has 0 heterocycles. The van der Waals surface area contributed by atoms with Gasteiger partial charge in [-0.2, -0.15) is 5.26 Å². The fourth-order valence-electron chi connectivity index (χ4n) is 1.14. The highest BCUT2D eigenvalue weighted by atomic mass is 32.2. The Kier molecular flexibility index (Phi) is 3.97. The molecule has 0 radical (unpaired) electrons. The summed E-state index contributed by atoms with van der Waals surface area (Å²) < 4.78 is 19.5. The second kappa shape index (κ2) is 5.03. The van der Waals surface area contributed by atoms with Crippen LogP contribution < -0.4 is 0 Å². The van der Waals surface area contributed by atoms with E-state index >= 15 is 0 Å². The van der Waals surface area contributed by atoms with E-state index in [0.717, 1.165) is 0 Å². The van der Waals surface area contributed by atoms with Gasteiger partial charge in [-0.05, 0) is 24.6 Å². The van der Waals surface area contributed by atoms with Crippen molar-refractivity contribution < 1.29 is 13.9 Å². The molecule has 15 heavy (non-hydrogen) atoms. The molecule has 2 N–H and O–H groups in total. The predicted octanol–water partition coefficient (Wildman–Crippen LogP) is 1.20. The Balaban J connectivity index is 2.88. The lowest BCUT2D eigenvalue weighted by Gasteiger charge is -2.15.